The average molecular weight is 330 g/mol. The quantitative estimate of drug-likeness (QED) is 0.761. The number of hydrogen-bond donors (Lipinski definition) is 3. The smallest absolute Gasteiger partial charge is 0.287 e. The van der Waals surface area contributed by atoms with Crippen molar-refractivity contribution >= 4 is 24.2 Å². The molecule has 7 heteroatoms. The van der Waals surface area contributed by atoms with Gasteiger partial charge in [-0.25, -0.2) is 0 Å². The summed E-state index contributed by atoms with van der Waals surface area (Å²) < 4.78 is 5.05. The minimum atomic E-state index is -0.565. The summed E-state index contributed by atoms with van der Waals surface area (Å²) in [5.41, 5.74) is 0. The van der Waals surface area contributed by atoms with E-state index in [1.807, 2.05) is 13.8 Å². The maximum Gasteiger partial charge on any atom is 0.287 e. The van der Waals surface area contributed by atoms with Crippen molar-refractivity contribution in [1.29, 1.82) is 0 Å². The number of rotatable bonds is 5. The first-order valence-corrected chi connectivity index (χ1v) is 7.43. The number of piperidine rings is 1. The summed E-state index contributed by atoms with van der Waals surface area (Å²) in [5, 5.41) is 9.00. The zero-order valence-corrected chi connectivity index (χ0v) is 13.7. The van der Waals surface area contributed by atoms with Crippen LogP contribution in [0, 0.1) is 5.92 Å². The molecule has 1 saturated heterocycles. The Bertz CT molecular complexity index is 470. The van der Waals surface area contributed by atoms with Gasteiger partial charge in [-0.1, -0.05) is 13.8 Å². The van der Waals surface area contributed by atoms with Gasteiger partial charge in [0.1, 0.15) is 6.04 Å². The van der Waals surface area contributed by atoms with E-state index in [2.05, 4.69) is 16.0 Å². The molecule has 2 atom stereocenters. The number of carbonyl (C=O) groups excluding carboxylic acids is 2. The van der Waals surface area contributed by atoms with Crippen LogP contribution in [0.4, 0.5) is 0 Å². The monoisotopic (exact) mass is 329 g/mol. The summed E-state index contributed by atoms with van der Waals surface area (Å²) in [7, 11) is 0. The normalized spacial score (nSPS) is 19.1. The van der Waals surface area contributed by atoms with E-state index in [0.29, 0.717) is 0 Å². The molecule has 0 aromatic carbocycles. The number of carbonyl (C=O) groups is 2. The topological polar surface area (TPSA) is 83.4 Å². The molecule has 2 amide bonds. The van der Waals surface area contributed by atoms with Crippen LogP contribution in [0.2, 0.25) is 0 Å². The first-order chi connectivity index (χ1) is 10.1. The molecule has 6 nitrogen and oxygen atoms in total. The lowest BCUT2D eigenvalue weighted by Gasteiger charge is -2.27. The van der Waals surface area contributed by atoms with Gasteiger partial charge in [-0.15, -0.1) is 12.4 Å². The third kappa shape index (κ3) is 5.03. The Morgan fingerprint density at radius 3 is 2.73 bits per heavy atom. The number of hydrogen-bond acceptors (Lipinski definition) is 4. The number of halogens is 1. The minimum absolute atomic E-state index is 0. The molecule has 0 radical (unpaired) electrons. The maximum atomic E-state index is 12.4. The lowest BCUT2D eigenvalue weighted by atomic mass is 10.0. The van der Waals surface area contributed by atoms with Crippen LogP contribution < -0.4 is 16.0 Å². The van der Waals surface area contributed by atoms with Crippen LogP contribution in [0.15, 0.2) is 22.8 Å². The Morgan fingerprint density at radius 1 is 1.41 bits per heavy atom. The highest BCUT2D eigenvalue weighted by molar-refractivity contribution is 5.95. The van der Waals surface area contributed by atoms with Crippen molar-refractivity contribution < 1.29 is 14.0 Å². The summed E-state index contributed by atoms with van der Waals surface area (Å²) in [6.45, 7) is 5.59. The van der Waals surface area contributed by atoms with Crippen LogP contribution in [-0.2, 0) is 4.79 Å². The SMILES string of the molecule is CC(C)C(NC(=O)c1ccco1)C(=O)N[C@H]1CCCNC1.Cl. The Hall–Kier alpha value is -1.53. The minimum Gasteiger partial charge on any atom is -0.459 e. The van der Waals surface area contributed by atoms with Gasteiger partial charge in [0.05, 0.1) is 6.26 Å². The molecule has 0 saturated carbocycles. The third-order valence-corrected chi connectivity index (χ3v) is 3.62. The first-order valence-electron chi connectivity index (χ1n) is 7.43. The van der Waals surface area contributed by atoms with Crippen LogP contribution in [0.1, 0.15) is 37.2 Å². The van der Waals surface area contributed by atoms with Gasteiger partial charge < -0.3 is 20.4 Å². The van der Waals surface area contributed by atoms with Crippen molar-refractivity contribution in [2.45, 2.75) is 38.8 Å². The Balaban J connectivity index is 0.00000242. The summed E-state index contributed by atoms with van der Waals surface area (Å²) in [4.78, 5) is 24.4. The number of amides is 2. The van der Waals surface area contributed by atoms with Gasteiger partial charge in [0, 0.05) is 12.6 Å². The van der Waals surface area contributed by atoms with Crippen molar-refractivity contribution in [1.82, 2.24) is 16.0 Å². The fourth-order valence-corrected chi connectivity index (χ4v) is 2.42. The van der Waals surface area contributed by atoms with Gasteiger partial charge in [0.25, 0.3) is 5.91 Å². The molecule has 2 heterocycles. The number of nitrogens with one attached hydrogen (secondary N) is 3. The zero-order chi connectivity index (χ0) is 15.2. The first kappa shape index (κ1) is 18.5. The summed E-state index contributed by atoms with van der Waals surface area (Å²) >= 11 is 0. The van der Waals surface area contributed by atoms with Gasteiger partial charge in [-0.2, -0.15) is 0 Å². The Kier molecular flexibility index (Phi) is 7.41. The second kappa shape index (κ2) is 8.80. The van der Waals surface area contributed by atoms with Crippen molar-refractivity contribution in [2.24, 2.45) is 5.92 Å². The van der Waals surface area contributed by atoms with Gasteiger partial charge in [-0.05, 0) is 37.4 Å². The molecular formula is C15H24ClN3O3. The molecule has 1 fully saturated rings. The Labute approximate surface area is 136 Å². The standard InChI is InChI=1S/C15H23N3O3.ClH/c1-10(2)13(18-14(19)12-6-4-8-21-12)15(20)17-11-5-3-7-16-9-11;/h4,6,8,10-11,13,16H,3,5,7,9H2,1-2H3,(H,17,20)(H,18,19);1H/t11-,13?;/m0./s1. The van der Waals surface area contributed by atoms with Crippen molar-refractivity contribution in [3.8, 4) is 0 Å². The van der Waals surface area contributed by atoms with Crippen molar-refractivity contribution in [2.75, 3.05) is 13.1 Å². The zero-order valence-electron chi connectivity index (χ0n) is 12.9. The van der Waals surface area contributed by atoms with Crippen LogP contribution in [0.3, 0.4) is 0 Å². The molecule has 0 bridgehead atoms. The molecule has 3 N–H and O–H groups in total. The van der Waals surface area contributed by atoms with Crippen LogP contribution in [-0.4, -0.2) is 37.0 Å². The average Bonchev–Trinajstić information content (AvgIpc) is 2.99. The molecule has 0 spiro atoms. The van der Waals surface area contributed by atoms with Crippen LogP contribution in [0.5, 0.6) is 0 Å². The van der Waals surface area contributed by atoms with E-state index in [4.69, 9.17) is 4.42 Å². The van der Waals surface area contributed by atoms with Crippen LogP contribution in [0.25, 0.3) is 0 Å². The second-order valence-electron chi connectivity index (χ2n) is 5.72. The van der Waals surface area contributed by atoms with E-state index in [1.54, 1.807) is 12.1 Å². The molecule has 22 heavy (non-hydrogen) atoms. The summed E-state index contributed by atoms with van der Waals surface area (Å²) in [6.07, 6.45) is 3.46. The van der Waals surface area contributed by atoms with Gasteiger partial charge in [-0.3, -0.25) is 9.59 Å². The fourth-order valence-electron chi connectivity index (χ4n) is 2.42. The molecule has 1 unspecified atom stereocenters. The van der Waals surface area contributed by atoms with Crippen molar-refractivity contribution in [3.05, 3.63) is 24.2 Å². The summed E-state index contributed by atoms with van der Waals surface area (Å²) in [6, 6.07) is 2.79. The molecule has 1 aliphatic heterocycles. The molecule has 0 aliphatic carbocycles. The molecule has 1 aliphatic rings. The van der Waals surface area contributed by atoms with E-state index in [-0.39, 0.29) is 41.9 Å². The highest BCUT2D eigenvalue weighted by Gasteiger charge is 2.27. The van der Waals surface area contributed by atoms with Crippen LogP contribution >= 0.6 is 12.4 Å². The maximum absolute atomic E-state index is 12.4. The van der Waals surface area contributed by atoms with Crippen molar-refractivity contribution in [3.63, 3.8) is 0 Å². The molecule has 2 rings (SSSR count). The number of furan rings is 1. The fraction of sp³-hybridized carbons (Fsp3) is 0.600. The van der Waals surface area contributed by atoms with Gasteiger partial charge in [0.15, 0.2) is 5.76 Å². The molecular weight excluding hydrogens is 306 g/mol. The van der Waals surface area contributed by atoms with E-state index < -0.39 is 6.04 Å². The second-order valence-corrected chi connectivity index (χ2v) is 5.72. The van der Waals surface area contributed by atoms with Gasteiger partial charge >= 0.3 is 0 Å². The van der Waals surface area contributed by atoms with E-state index >= 15 is 0 Å². The van der Waals surface area contributed by atoms with E-state index in [1.165, 1.54) is 6.26 Å². The lowest BCUT2D eigenvalue weighted by Crippen LogP contribution is -2.54. The molecule has 1 aromatic rings. The highest BCUT2D eigenvalue weighted by Crippen LogP contribution is 2.08. The third-order valence-electron chi connectivity index (χ3n) is 3.62. The largest absolute Gasteiger partial charge is 0.459 e. The predicted octanol–water partition coefficient (Wildman–Crippen LogP) is 1.32. The van der Waals surface area contributed by atoms with E-state index in [0.717, 1.165) is 25.9 Å². The van der Waals surface area contributed by atoms with E-state index in [9.17, 15) is 9.59 Å². The predicted molar refractivity (Wildman–Crippen MR) is 86.1 cm³/mol. The van der Waals surface area contributed by atoms with Gasteiger partial charge in [0.2, 0.25) is 5.91 Å². The summed E-state index contributed by atoms with van der Waals surface area (Å²) in [5.74, 6) is -0.289. The lowest BCUT2D eigenvalue weighted by molar-refractivity contribution is -0.124. The Morgan fingerprint density at radius 2 is 2.18 bits per heavy atom. The molecule has 1 aromatic heterocycles. The molecule has 124 valence electrons. The highest BCUT2D eigenvalue weighted by atomic mass is 35.5.